The van der Waals surface area contributed by atoms with E-state index in [4.69, 9.17) is 18.6 Å². The quantitative estimate of drug-likeness (QED) is 0.426. The number of hydrogen-bond acceptors (Lipinski definition) is 4. The lowest BCUT2D eigenvalue weighted by atomic mass is 9.91. The van der Waals surface area contributed by atoms with Crippen molar-refractivity contribution in [1.82, 2.24) is 0 Å². The summed E-state index contributed by atoms with van der Waals surface area (Å²) < 4.78 is 24.8. The summed E-state index contributed by atoms with van der Waals surface area (Å²) in [5.74, 6) is 0. The smallest absolute Gasteiger partial charge is 0.184 e. The third kappa shape index (κ3) is 4.23. The Morgan fingerprint density at radius 3 is 2.44 bits per heavy atom. The maximum absolute atomic E-state index is 6.50. The molecular formula is C20H30O4Si. The van der Waals surface area contributed by atoms with Gasteiger partial charge in [-0.3, -0.25) is 0 Å². The van der Waals surface area contributed by atoms with Crippen molar-refractivity contribution >= 4 is 8.32 Å². The Kier molecular flexibility index (Phi) is 4.99. The maximum Gasteiger partial charge on any atom is 0.184 e. The highest BCUT2D eigenvalue weighted by molar-refractivity contribution is 6.69. The van der Waals surface area contributed by atoms with Crippen LogP contribution < -0.4 is 0 Å². The topological polar surface area (TPSA) is 40.2 Å². The van der Waals surface area contributed by atoms with E-state index in [0.717, 1.165) is 12.0 Å². The monoisotopic (exact) mass is 362 g/mol. The predicted octanol–water partition coefficient (Wildman–Crippen LogP) is 4.44. The van der Waals surface area contributed by atoms with Gasteiger partial charge in [0.1, 0.15) is 11.2 Å². The minimum Gasteiger partial charge on any atom is -0.407 e. The van der Waals surface area contributed by atoms with Gasteiger partial charge in [-0.05, 0) is 33.5 Å². The van der Waals surface area contributed by atoms with Crippen molar-refractivity contribution in [2.24, 2.45) is 0 Å². The van der Waals surface area contributed by atoms with Crippen LogP contribution in [-0.4, -0.2) is 38.3 Å². The SMILES string of the molecule is C=C[C@@]1(C)O[C@@H]1C[C@@H]1O[C@H](c2ccccc2)OC[C@@]1(C)O[Si](C)(C)C. The Morgan fingerprint density at radius 2 is 1.88 bits per heavy atom. The molecule has 0 unspecified atom stereocenters. The van der Waals surface area contributed by atoms with Gasteiger partial charge in [-0.1, -0.05) is 36.4 Å². The molecule has 0 amide bonds. The molecule has 0 bridgehead atoms. The summed E-state index contributed by atoms with van der Waals surface area (Å²) >= 11 is 0. The van der Waals surface area contributed by atoms with E-state index in [1.54, 1.807) is 0 Å². The number of benzene rings is 1. The zero-order valence-electron chi connectivity index (χ0n) is 16.0. The van der Waals surface area contributed by atoms with Crippen molar-refractivity contribution in [2.75, 3.05) is 6.61 Å². The van der Waals surface area contributed by atoms with Gasteiger partial charge in [0.2, 0.25) is 0 Å². The van der Waals surface area contributed by atoms with Crippen molar-refractivity contribution in [3.63, 3.8) is 0 Å². The number of epoxide rings is 1. The molecule has 5 atom stereocenters. The van der Waals surface area contributed by atoms with Gasteiger partial charge >= 0.3 is 0 Å². The van der Waals surface area contributed by atoms with Gasteiger partial charge in [-0.25, -0.2) is 0 Å². The minimum atomic E-state index is -1.76. The lowest BCUT2D eigenvalue weighted by molar-refractivity contribution is -0.285. The van der Waals surface area contributed by atoms with E-state index in [2.05, 4.69) is 40.1 Å². The fourth-order valence-corrected chi connectivity index (χ4v) is 5.07. The summed E-state index contributed by atoms with van der Waals surface area (Å²) in [5, 5.41) is 0. The van der Waals surface area contributed by atoms with E-state index in [9.17, 15) is 0 Å². The maximum atomic E-state index is 6.50. The summed E-state index contributed by atoms with van der Waals surface area (Å²) in [7, 11) is -1.76. The molecule has 2 fully saturated rings. The molecule has 2 aliphatic rings. The van der Waals surface area contributed by atoms with Gasteiger partial charge in [-0.15, -0.1) is 6.58 Å². The molecule has 0 spiro atoms. The van der Waals surface area contributed by atoms with Crippen LogP contribution in [0.4, 0.5) is 0 Å². The van der Waals surface area contributed by atoms with Crippen LogP contribution in [0, 0.1) is 0 Å². The van der Waals surface area contributed by atoms with E-state index in [1.807, 2.05) is 36.4 Å². The van der Waals surface area contributed by atoms with Gasteiger partial charge in [0.25, 0.3) is 0 Å². The molecule has 138 valence electrons. The average molecular weight is 363 g/mol. The first-order valence-corrected chi connectivity index (χ1v) is 12.4. The fraction of sp³-hybridized carbons (Fsp3) is 0.600. The van der Waals surface area contributed by atoms with E-state index in [1.165, 1.54) is 0 Å². The fourth-order valence-electron chi connectivity index (χ4n) is 3.48. The van der Waals surface area contributed by atoms with Crippen LogP contribution in [0.1, 0.15) is 32.1 Å². The van der Waals surface area contributed by atoms with Crippen molar-refractivity contribution < 1.29 is 18.6 Å². The standard InChI is InChI=1S/C20H30O4Si/c1-7-19(2)17(23-19)13-16-20(3,24-25(4,5)6)14-21-18(22-16)15-11-9-8-10-12-15/h7-12,16-18H,1,13-14H2,2-6H3/t16-,17+,18+,19+,20+/m0/s1. The zero-order chi connectivity index (χ0) is 18.3. The third-order valence-electron chi connectivity index (χ3n) is 4.91. The van der Waals surface area contributed by atoms with Crippen LogP contribution in [0.3, 0.4) is 0 Å². The Bertz CT molecular complexity index is 614. The second-order valence-corrected chi connectivity index (χ2v) is 12.9. The number of ether oxygens (including phenoxy) is 3. The van der Waals surface area contributed by atoms with Crippen LogP contribution in [0.2, 0.25) is 19.6 Å². The molecule has 2 heterocycles. The third-order valence-corrected chi connectivity index (χ3v) is 5.99. The highest BCUT2D eigenvalue weighted by atomic mass is 28.4. The molecule has 0 saturated carbocycles. The largest absolute Gasteiger partial charge is 0.407 e. The molecule has 1 aromatic carbocycles. The second-order valence-electron chi connectivity index (χ2n) is 8.44. The van der Waals surface area contributed by atoms with Crippen LogP contribution in [0.5, 0.6) is 0 Å². The van der Waals surface area contributed by atoms with Crippen LogP contribution in [0.15, 0.2) is 43.0 Å². The summed E-state index contributed by atoms with van der Waals surface area (Å²) in [5.41, 5.74) is 0.319. The second kappa shape index (κ2) is 6.63. The average Bonchev–Trinajstić information content (AvgIpc) is 3.19. The van der Waals surface area contributed by atoms with E-state index < -0.39 is 13.9 Å². The minimum absolute atomic E-state index is 0.0926. The molecule has 1 aromatic rings. The summed E-state index contributed by atoms with van der Waals surface area (Å²) in [6, 6.07) is 10.1. The number of hydrogen-bond donors (Lipinski definition) is 0. The van der Waals surface area contributed by atoms with Crippen LogP contribution in [-0.2, 0) is 18.6 Å². The molecule has 5 heteroatoms. The van der Waals surface area contributed by atoms with Gasteiger partial charge in [-0.2, -0.15) is 0 Å². The van der Waals surface area contributed by atoms with Gasteiger partial charge < -0.3 is 18.6 Å². The summed E-state index contributed by atoms with van der Waals surface area (Å²) in [6.45, 7) is 15.1. The lowest BCUT2D eigenvalue weighted by Crippen LogP contribution is -2.56. The molecule has 2 saturated heterocycles. The first kappa shape index (κ1) is 18.8. The zero-order valence-corrected chi connectivity index (χ0v) is 17.0. The molecule has 3 rings (SSSR count). The molecule has 4 nitrogen and oxygen atoms in total. The van der Waals surface area contributed by atoms with Gasteiger partial charge in [0.05, 0.1) is 18.8 Å². The van der Waals surface area contributed by atoms with E-state index in [0.29, 0.717) is 6.61 Å². The van der Waals surface area contributed by atoms with Gasteiger partial charge in [0, 0.05) is 12.0 Å². The molecular weight excluding hydrogens is 332 g/mol. The van der Waals surface area contributed by atoms with Gasteiger partial charge in [0.15, 0.2) is 14.6 Å². The van der Waals surface area contributed by atoms with Crippen molar-refractivity contribution in [3.05, 3.63) is 48.6 Å². The Morgan fingerprint density at radius 1 is 1.20 bits per heavy atom. The Labute approximate surface area is 152 Å². The Hall–Kier alpha value is -0.983. The van der Waals surface area contributed by atoms with Crippen LogP contribution >= 0.6 is 0 Å². The van der Waals surface area contributed by atoms with E-state index >= 15 is 0 Å². The lowest BCUT2D eigenvalue weighted by Gasteiger charge is -2.47. The van der Waals surface area contributed by atoms with Crippen molar-refractivity contribution in [2.45, 2.75) is 69.6 Å². The van der Waals surface area contributed by atoms with Crippen LogP contribution in [0.25, 0.3) is 0 Å². The van der Waals surface area contributed by atoms with Crippen molar-refractivity contribution in [3.8, 4) is 0 Å². The highest BCUT2D eigenvalue weighted by Gasteiger charge is 2.55. The first-order chi connectivity index (χ1) is 11.7. The molecule has 0 aromatic heterocycles. The highest BCUT2D eigenvalue weighted by Crippen LogP contribution is 2.45. The molecule has 0 aliphatic carbocycles. The summed E-state index contributed by atoms with van der Waals surface area (Å²) in [6.07, 6.45) is 2.32. The van der Waals surface area contributed by atoms with E-state index in [-0.39, 0.29) is 24.1 Å². The Balaban J connectivity index is 1.78. The molecule has 0 N–H and O–H groups in total. The summed E-state index contributed by atoms with van der Waals surface area (Å²) in [4.78, 5) is 0. The molecule has 0 radical (unpaired) electrons. The predicted molar refractivity (Wildman–Crippen MR) is 101 cm³/mol. The normalized spacial score (nSPS) is 38.4. The molecule has 25 heavy (non-hydrogen) atoms. The van der Waals surface area contributed by atoms with Crippen molar-refractivity contribution in [1.29, 1.82) is 0 Å². The first-order valence-electron chi connectivity index (χ1n) is 8.99. The molecule has 2 aliphatic heterocycles. The number of rotatable bonds is 6.